The molecule has 0 heterocycles. The fourth-order valence-corrected chi connectivity index (χ4v) is 5.10. The molecule has 1 aromatic carbocycles. The van der Waals surface area contributed by atoms with E-state index in [4.69, 9.17) is 9.47 Å². The Hall–Kier alpha value is -2.21. The van der Waals surface area contributed by atoms with Gasteiger partial charge in [0.15, 0.2) is 0 Å². The Balaban J connectivity index is 2.73. The second kappa shape index (κ2) is 18.2. The van der Waals surface area contributed by atoms with E-state index in [0.717, 1.165) is 25.2 Å². The Morgan fingerprint density at radius 3 is 1.43 bits per heavy atom. The van der Waals surface area contributed by atoms with Gasteiger partial charge < -0.3 is 9.47 Å². The van der Waals surface area contributed by atoms with Crippen LogP contribution in [0, 0.1) is 17.8 Å². The Labute approximate surface area is 297 Å². The Kier molecular flexibility index (Phi) is 16.7. The molecule has 0 unspecified atom stereocenters. The number of alkyl halides is 17. The van der Waals surface area contributed by atoms with Gasteiger partial charge in [-0.3, -0.25) is 0 Å². The van der Waals surface area contributed by atoms with Crippen molar-refractivity contribution in [1.82, 2.24) is 0 Å². The molecule has 19 heteroatoms. The minimum absolute atomic E-state index is 0.0900. The summed E-state index contributed by atoms with van der Waals surface area (Å²) in [6, 6.07) is 5.49. The summed E-state index contributed by atoms with van der Waals surface area (Å²) in [5.74, 6) is -54.8. The molecule has 53 heavy (non-hydrogen) atoms. The summed E-state index contributed by atoms with van der Waals surface area (Å²) in [6.07, 6.45) is -3.99. The molecule has 0 saturated carbocycles. The van der Waals surface area contributed by atoms with Gasteiger partial charge in [-0.05, 0) is 55.2 Å². The van der Waals surface area contributed by atoms with Crippen LogP contribution in [-0.4, -0.2) is 60.3 Å². The molecular formula is C34H45F17O2. The summed E-state index contributed by atoms with van der Waals surface area (Å²) in [5, 5.41) is 0. The van der Waals surface area contributed by atoms with E-state index in [0.29, 0.717) is 11.5 Å². The maximum absolute atomic E-state index is 14.1. The molecule has 1 aromatic rings. The first-order valence-corrected chi connectivity index (χ1v) is 16.9. The van der Waals surface area contributed by atoms with Crippen molar-refractivity contribution in [3.63, 3.8) is 0 Å². The van der Waals surface area contributed by atoms with Crippen LogP contribution in [0.5, 0.6) is 5.75 Å². The van der Waals surface area contributed by atoms with E-state index in [1.807, 2.05) is 6.92 Å². The van der Waals surface area contributed by atoms with Crippen LogP contribution < -0.4 is 4.74 Å². The van der Waals surface area contributed by atoms with Gasteiger partial charge in [0, 0.05) is 6.42 Å². The first-order chi connectivity index (χ1) is 23.9. The van der Waals surface area contributed by atoms with Gasteiger partial charge in [-0.25, -0.2) is 0 Å². The van der Waals surface area contributed by atoms with E-state index in [1.165, 1.54) is 49.9 Å². The van der Waals surface area contributed by atoms with Crippen LogP contribution in [0.2, 0.25) is 0 Å². The van der Waals surface area contributed by atoms with Crippen LogP contribution in [0.4, 0.5) is 74.6 Å². The predicted octanol–water partition coefficient (Wildman–Crippen LogP) is 13.4. The van der Waals surface area contributed by atoms with Gasteiger partial charge in [-0.2, -0.15) is 74.6 Å². The van der Waals surface area contributed by atoms with Crippen molar-refractivity contribution < 1.29 is 84.1 Å². The summed E-state index contributed by atoms with van der Waals surface area (Å²) in [6.45, 7) is 9.76. The monoisotopic (exact) mass is 808 g/mol. The number of rotatable bonds is 24. The molecule has 1 rings (SSSR count). The molecule has 0 radical (unpaired) electrons. The fourth-order valence-electron chi connectivity index (χ4n) is 5.10. The van der Waals surface area contributed by atoms with Crippen molar-refractivity contribution in [2.45, 2.75) is 153 Å². The molecule has 0 aromatic heterocycles. The van der Waals surface area contributed by atoms with Crippen molar-refractivity contribution in [1.29, 1.82) is 0 Å². The van der Waals surface area contributed by atoms with E-state index in [1.54, 1.807) is 0 Å². The molecule has 0 aliphatic rings. The van der Waals surface area contributed by atoms with Crippen molar-refractivity contribution in [3.8, 4) is 5.75 Å². The van der Waals surface area contributed by atoms with E-state index < -0.39 is 67.1 Å². The van der Waals surface area contributed by atoms with Gasteiger partial charge in [0.05, 0.1) is 19.3 Å². The second-order valence-electron chi connectivity index (χ2n) is 13.7. The highest BCUT2D eigenvalue weighted by Crippen LogP contribution is 2.64. The standard InChI is InChI=1S/C34H45F17O2/c1-6-21(2)10-7-11-22(3)12-8-13-23(4)24(5)53-20-25-14-16-26(17-15-25)52-19-9-18-27(35,36)28(37,38)29(39,40)30(41,42)31(43,44)32(45,46)33(47,48)34(49,50)51/h14-17,21-24H,6-13,18-20H2,1-5H3/t21-,22+,23-,24-/m1/s1. The third-order valence-electron chi connectivity index (χ3n) is 9.38. The van der Waals surface area contributed by atoms with Gasteiger partial charge in [0.2, 0.25) is 0 Å². The summed E-state index contributed by atoms with van der Waals surface area (Å²) in [4.78, 5) is 0. The number of hydrogen-bond acceptors (Lipinski definition) is 2. The quantitative estimate of drug-likeness (QED) is 0.0765. The zero-order valence-electron chi connectivity index (χ0n) is 29.6. The van der Waals surface area contributed by atoms with Crippen LogP contribution in [0.25, 0.3) is 0 Å². The average Bonchev–Trinajstić information content (AvgIpc) is 3.04. The minimum Gasteiger partial charge on any atom is -0.494 e. The Bertz CT molecular complexity index is 1230. The predicted molar refractivity (Wildman–Crippen MR) is 162 cm³/mol. The molecule has 0 aliphatic carbocycles. The maximum atomic E-state index is 14.1. The lowest BCUT2D eigenvalue weighted by Gasteiger charge is -2.42. The van der Waals surface area contributed by atoms with E-state index in [2.05, 4.69) is 27.7 Å². The highest BCUT2D eigenvalue weighted by Gasteiger charge is 2.95. The molecule has 4 atom stereocenters. The Morgan fingerprint density at radius 2 is 0.962 bits per heavy atom. The van der Waals surface area contributed by atoms with E-state index in [9.17, 15) is 74.6 Å². The lowest BCUT2D eigenvalue weighted by Crippen LogP contribution is -2.74. The summed E-state index contributed by atoms with van der Waals surface area (Å²) in [7, 11) is 0. The summed E-state index contributed by atoms with van der Waals surface area (Å²) >= 11 is 0. The van der Waals surface area contributed by atoms with Crippen molar-refractivity contribution in [2.24, 2.45) is 17.8 Å². The maximum Gasteiger partial charge on any atom is 0.460 e. The van der Waals surface area contributed by atoms with Crippen molar-refractivity contribution in [2.75, 3.05) is 6.61 Å². The lowest BCUT2D eigenvalue weighted by atomic mass is 9.88. The zero-order valence-corrected chi connectivity index (χ0v) is 29.6. The highest BCUT2D eigenvalue weighted by atomic mass is 19.4. The van der Waals surface area contributed by atoms with Gasteiger partial charge >= 0.3 is 47.6 Å². The van der Waals surface area contributed by atoms with Crippen molar-refractivity contribution in [3.05, 3.63) is 29.8 Å². The number of benzene rings is 1. The lowest BCUT2D eigenvalue weighted by molar-refractivity contribution is -0.461. The molecule has 0 amide bonds. The largest absolute Gasteiger partial charge is 0.494 e. The number of halogens is 17. The van der Waals surface area contributed by atoms with Crippen LogP contribution >= 0.6 is 0 Å². The number of hydrogen-bond donors (Lipinski definition) is 0. The molecule has 0 spiro atoms. The summed E-state index contributed by atoms with van der Waals surface area (Å²) < 4.78 is 239. The van der Waals surface area contributed by atoms with Gasteiger partial charge in [0.1, 0.15) is 5.75 Å². The third kappa shape index (κ3) is 11.0. The molecule has 0 bridgehead atoms. The van der Waals surface area contributed by atoms with Gasteiger partial charge in [0.25, 0.3) is 0 Å². The summed E-state index contributed by atoms with van der Waals surface area (Å²) in [5.41, 5.74) is 0.621. The van der Waals surface area contributed by atoms with E-state index in [-0.39, 0.29) is 24.4 Å². The molecule has 312 valence electrons. The molecule has 0 aliphatic heterocycles. The van der Waals surface area contributed by atoms with Crippen LogP contribution in [0.15, 0.2) is 24.3 Å². The minimum atomic E-state index is -8.64. The third-order valence-corrected chi connectivity index (χ3v) is 9.38. The molecule has 0 N–H and O–H groups in total. The molecular weight excluding hydrogens is 763 g/mol. The van der Waals surface area contributed by atoms with Crippen LogP contribution in [0.1, 0.15) is 98.0 Å². The highest BCUT2D eigenvalue weighted by molar-refractivity contribution is 5.27. The van der Waals surface area contributed by atoms with Crippen LogP contribution in [0.3, 0.4) is 0 Å². The SMILES string of the molecule is CC[C@@H](C)CCC[C@H](C)CCC[C@@H](C)[C@@H](C)OCc1ccc(OCCCC(F)(F)C(F)(F)C(F)(F)C(F)(F)C(F)(F)C(F)(F)C(F)(F)C(F)(F)F)cc1. The zero-order chi connectivity index (χ0) is 41.5. The Morgan fingerprint density at radius 1 is 0.528 bits per heavy atom. The number of ether oxygens (including phenoxy) is 2. The average molecular weight is 809 g/mol. The molecule has 0 fully saturated rings. The van der Waals surface area contributed by atoms with E-state index >= 15 is 0 Å². The molecule has 2 nitrogen and oxygen atoms in total. The first kappa shape index (κ1) is 48.8. The molecule has 0 saturated heterocycles. The topological polar surface area (TPSA) is 18.5 Å². The second-order valence-corrected chi connectivity index (χ2v) is 13.7. The van der Waals surface area contributed by atoms with Gasteiger partial charge in [-0.1, -0.05) is 78.4 Å². The first-order valence-electron chi connectivity index (χ1n) is 16.9. The van der Waals surface area contributed by atoms with Crippen molar-refractivity contribution >= 4 is 0 Å². The van der Waals surface area contributed by atoms with Gasteiger partial charge in [-0.15, -0.1) is 0 Å². The normalized spacial score (nSPS) is 16.7. The van der Waals surface area contributed by atoms with Crippen LogP contribution in [-0.2, 0) is 11.3 Å². The smallest absolute Gasteiger partial charge is 0.460 e. The fraction of sp³-hybridized carbons (Fsp3) is 0.824.